The topological polar surface area (TPSA) is 37.3 Å². The molecule has 0 heterocycles. The van der Waals surface area contributed by atoms with Crippen molar-refractivity contribution in [3.05, 3.63) is 35.7 Å². The van der Waals surface area contributed by atoms with Gasteiger partial charge >= 0.3 is 0 Å². The minimum atomic E-state index is -1.16. The summed E-state index contributed by atoms with van der Waals surface area (Å²) in [6.07, 6.45) is 0. The molecule has 0 unspecified atom stereocenters. The van der Waals surface area contributed by atoms with Crippen LogP contribution in [0.3, 0.4) is 0 Å². The second kappa shape index (κ2) is 5.18. The molecule has 2 nitrogen and oxygen atoms in total. The van der Waals surface area contributed by atoms with Crippen molar-refractivity contribution in [3.63, 3.8) is 0 Å². The Morgan fingerprint density at radius 1 is 1.23 bits per heavy atom. The monoisotopic (exact) mass is 192 g/mol. The van der Waals surface area contributed by atoms with Crippen molar-refractivity contribution in [2.75, 3.05) is 0 Å². The van der Waals surface area contributed by atoms with Crippen LogP contribution in [-0.4, -0.2) is 11.1 Å². The van der Waals surface area contributed by atoms with E-state index in [1.807, 2.05) is 0 Å². The fraction of sp³-hybridized carbons (Fsp3) is 0.125. The van der Waals surface area contributed by atoms with E-state index in [1.54, 1.807) is 0 Å². The summed E-state index contributed by atoms with van der Waals surface area (Å²) < 4.78 is 35.9. The van der Waals surface area contributed by atoms with Crippen LogP contribution in [0, 0.1) is 17.5 Å². The predicted octanol–water partition coefficient (Wildman–Crippen LogP) is 2.19. The molecule has 0 aliphatic rings. The smallest absolute Gasteiger partial charge is 0.300 e. The summed E-state index contributed by atoms with van der Waals surface area (Å²) in [6, 6.07) is 2.10. The normalized spacial score (nSPS) is 8.62. The highest BCUT2D eigenvalue weighted by Crippen LogP contribution is 2.05. The standard InChI is InChI=1S/C6H3F3.C2H4O2/c7-4-1-2-5(8)6(9)3-4;1-2(3)4/h1-3H;1H3,(H,3,4). The Morgan fingerprint density at radius 3 is 2.00 bits per heavy atom. The zero-order valence-corrected chi connectivity index (χ0v) is 6.72. The van der Waals surface area contributed by atoms with Crippen molar-refractivity contribution in [2.45, 2.75) is 6.92 Å². The molecule has 0 aliphatic heterocycles. The number of halogens is 3. The summed E-state index contributed by atoms with van der Waals surface area (Å²) in [6.45, 7) is 1.08. The Hall–Kier alpha value is -1.52. The van der Waals surface area contributed by atoms with E-state index in [9.17, 15) is 13.2 Å². The summed E-state index contributed by atoms with van der Waals surface area (Å²) in [5, 5.41) is 7.42. The molecule has 0 saturated carbocycles. The quantitative estimate of drug-likeness (QED) is 0.639. The summed E-state index contributed by atoms with van der Waals surface area (Å²) >= 11 is 0. The number of hydrogen-bond donors (Lipinski definition) is 1. The number of hydrogen-bond acceptors (Lipinski definition) is 1. The second-order valence-corrected chi connectivity index (χ2v) is 2.08. The Bertz CT molecular complexity index is 295. The van der Waals surface area contributed by atoms with Gasteiger partial charge in [0.15, 0.2) is 11.6 Å². The maximum Gasteiger partial charge on any atom is 0.300 e. The van der Waals surface area contributed by atoms with Crippen molar-refractivity contribution < 1.29 is 23.1 Å². The van der Waals surface area contributed by atoms with Crippen molar-refractivity contribution >= 4 is 5.97 Å². The van der Waals surface area contributed by atoms with Crippen LogP contribution in [0.4, 0.5) is 13.2 Å². The third kappa shape index (κ3) is 5.72. The van der Waals surface area contributed by atoms with Crippen LogP contribution in [0.1, 0.15) is 6.92 Å². The molecule has 0 saturated heterocycles. The number of benzene rings is 1. The van der Waals surface area contributed by atoms with Gasteiger partial charge in [0, 0.05) is 13.0 Å². The molecule has 1 rings (SSSR count). The first kappa shape index (κ1) is 11.5. The minimum Gasteiger partial charge on any atom is -0.481 e. The number of rotatable bonds is 0. The van der Waals surface area contributed by atoms with Gasteiger partial charge in [-0.15, -0.1) is 0 Å². The lowest BCUT2D eigenvalue weighted by molar-refractivity contribution is -0.134. The first-order chi connectivity index (χ1) is 5.93. The van der Waals surface area contributed by atoms with Crippen LogP contribution in [0.15, 0.2) is 18.2 Å². The van der Waals surface area contributed by atoms with Crippen LogP contribution in [-0.2, 0) is 4.79 Å². The highest BCUT2D eigenvalue weighted by molar-refractivity contribution is 5.62. The van der Waals surface area contributed by atoms with Gasteiger partial charge in [-0.05, 0) is 12.1 Å². The highest BCUT2D eigenvalue weighted by atomic mass is 19.2. The third-order valence-electron chi connectivity index (χ3n) is 0.882. The van der Waals surface area contributed by atoms with Gasteiger partial charge < -0.3 is 5.11 Å². The molecule has 0 radical (unpaired) electrons. The first-order valence-corrected chi connectivity index (χ1v) is 3.23. The fourth-order valence-corrected chi connectivity index (χ4v) is 0.470. The third-order valence-corrected chi connectivity index (χ3v) is 0.882. The molecule has 0 aliphatic carbocycles. The summed E-state index contributed by atoms with van der Waals surface area (Å²) in [5.41, 5.74) is 0. The zero-order valence-electron chi connectivity index (χ0n) is 6.72. The van der Waals surface area contributed by atoms with E-state index >= 15 is 0 Å². The lowest BCUT2D eigenvalue weighted by Gasteiger charge is -1.88. The molecule has 0 aromatic heterocycles. The number of carboxylic acid groups (broad SMARTS) is 1. The van der Waals surface area contributed by atoms with Crippen molar-refractivity contribution in [1.29, 1.82) is 0 Å². The van der Waals surface area contributed by atoms with Gasteiger partial charge in [-0.1, -0.05) is 0 Å². The molecule has 72 valence electrons. The molecule has 13 heavy (non-hydrogen) atoms. The van der Waals surface area contributed by atoms with Crippen LogP contribution < -0.4 is 0 Å². The number of carboxylic acids is 1. The van der Waals surface area contributed by atoms with Gasteiger partial charge in [-0.25, -0.2) is 13.2 Å². The predicted molar refractivity (Wildman–Crippen MR) is 39.6 cm³/mol. The molecular weight excluding hydrogens is 185 g/mol. The average Bonchev–Trinajstić information content (AvgIpc) is 1.96. The van der Waals surface area contributed by atoms with E-state index in [0.717, 1.165) is 19.1 Å². The van der Waals surface area contributed by atoms with E-state index < -0.39 is 23.4 Å². The van der Waals surface area contributed by atoms with Crippen molar-refractivity contribution in [3.8, 4) is 0 Å². The van der Waals surface area contributed by atoms with Crippen molar-refractivity contribution in [1.82, 2.24) is 0 Å². The molecule has 1 aromatic carbocycles. The van der Waals surface area contributed by atoms with Crippen molar-refractivity contribution in [2.24, 2.45) is 0 Å². The molecule has 0 atom stereocenters. The van der Waals surface area contributed by atoms with Gasteiger partial charge in [0.1, 0.15) is 5.82 Å². The fourth-order valence-electron chi connectivity index (χ4n) is 0.470. The largest absolute Gasteiger partial charge is 0.481 e. The Kier molecular flexibility index (Phi) is 4.58. The Balaban J connectivity index is 0.000000310. The van der Waals surface area contributed by atoms with Gasteiger partial charge in [-0.3, -0.25) is 4.79 Å². The Morgan fingerprint density at radius 2 is 1.69 bits per heavy atom. The minimum absolute atomic E-state index is 0.495. The van der Waals surface area contributed by atoms with Crippen LogP contribution in [0.5, 0.6) is 0 Å². The Labute approximate surface area is 72.6 Å². The van der Waals surface area contributed by atoms with Crippen LogP contribution >= 0.6 is 0 Å². The van der Waals surface area contributed by atoms with E-state index in [1.165, 1.54) is 0 Å². The maximum atomic E-state index is 12.0. The molecule has 0 spiro atoms. The van der Waals surface area contributed by atoms with Gasteiger partial charge in [-0.2, -0.15) is 0 Å². The summed E-state index contributed by atoms with van der Waals surface area (Å²) in [4.78, 5) is 9.00. The first-order valence-electron chi connectivity index (χ1n) is 3.23. The van der Waals surface area contributed by atoms with Crippen LogP contribution in [0.2, 0.25) is 0 Å². The summed E-state index contributed by atoms with van der Waals surface area (Å²) in [5.74, 6) is -3.79. The van der Waals surface area contributed by atoms with Gasteiger partial charge in [0.05, 0.1) is 0 Å². The molecule has 5 heteroatoms. The molecule has 0 amide bonds. The molecule has 0 bridgehead atoms. The lowest BCUT2D eigenvalue weighted by atomic mass is 10.3. The molecular formula is C8H7F3O2. The molecule has 1 N–H and O–H groups in total. The van der Waals surface area contributed by atoms with E-state index in [-0.39, 0.29) is 0 Å². The van der Waals surface area contributed by atoms with Gasteiger partial charge in [0.2, 0.25) is 0 Å². The zero-order chi connectivity index (χ0) is 10.4. The van der Waals surface area contributed by atoms with E-state index in [4.69, 9.17) is 9.90 Å². The average molecular weight is 192 g/mol. The van der Waals surface area contributed by atoms with Crippen LogP contribution in [0.25, 0.3) is 0 Å². The van der Waals surface area contributed by atoms with Gasteiger partial charge in [0.25, 0.3) is 5.97 Å². The number of carbonyl (C=O) groups is 1. The highest BCUT2D eigenvalue weighted by Gasteiger charge is 1.99. The second-order valence-electron chi connectivity index (χ2n) is 2.08. The lowest BCUT2D eigenvalue weighted by Crippen LogP contribution is -1.83. The SMILES string of the molecule is CC(=O)O.Fc1ccc(F)c(F)c1. The van der Waals surface area contributed by atoms with E-state index in [2.05, 4.69) is 0 Å². The number of aliphatic carboxylic acids is 1. The maximum absolute atomic E-state index is 12.0. The molecule has 1 aromatic rings. The molecule has 0 fully saturated rings. The van der Waals surface area contributed by atoms with E-state index in [0.29, 0.717) is 6.07 Å². The summed E-state index contributed by atoms with van der Waals surface area (Å²) in [7, 11) is 0.